The molecule has 0 spiro atoms. The predicted molar refractivity (Wildman–Crippen MR) is 84.5 cm³/mol. The Hall–Kier alpha value is -1.97. The maximum absolute atomic E-state index is 12.6. The van der Waals surface area contributed by atoms with Crippen LogP contribution in [0.1, 0.15) is 41.1 Å². The average Bonchev–Trinajstić information content (AvgIpc) is 3.20. The Morgan fingerprint density at radius 2 is 1.74 bits per heavy atom. The van der Waals surface area contributed by atoms with Crippen LogP contribution in [0.25, 0.3) is 0 Å². The van der Waals surface area contributed by atoms with Gasteiger partial charge in [-0.25, -0.2) is 0 Å². The first-order valence-electron chi connectivity index (χ1n) is 7.10. The summed E-state index contributed by atoms with van der Waals surface area (Å²) in [5, 5.41) is 0. The predicted octanol–water partition coefficient (Wildman–Crippen LogP) is 0.763. The molecule has 1 aliphatic heterocycles. The van der Waals surface area contributed by atoms with Crippen LogP contribution >= 0.6 is 23.1 Å². The molecular formula is C14H12N4O3S2. The number of aromatic nitrogens is 2. The number of ketones is 2. The molecule has 2 aromatic rings. The lowest BCUT2D eigenvalue weighted by Gasteiger charge is -2.32. The zero-order valence-electron chi connectivity index (χ0n) is 12.2. The Labute approximate surface area is 139 Å². The van der Waals surface area contributed by atoms with E-state index in [9.17, 15) is 14.4 Å². The van der Waals surface area contributed by atoms with E-state index >= 15 is 0 Å². The Morgan fingerprint density at radius 3 is 2.43 bits per heavy atom. The van der Waals surface area contributed by atoms with E-state index in [1.54, 1.807) is 4.90 Å². The second-order valence-corrected chi connectivity index (χ2v) is 7.15. The molecule has 4 rings (SSSR count). The van der Waals surface area contributed by atoms with Gasteiger partial charge in [-0.05, 0) is 13.1 Å². The third-order valence-corrected chi connectivity index (χ3v) is 5.75. The Morgan fingerprint density at radius 1 is 1.09 bits per heavy atom. The first kappa shape index (κ1) is 14.6. The van der Waals surface area contributed by atoms with E-state index in [2.05, 4.69) is 13.6 Å². The highest BCUT2D eigenvalue weighted by atomic mass is 32.1. The summed E-state index contributed by atoms with van der Waals surface area (Å²) in [6.07, 6.45) is 0. The van der Waals surface area contributed by atoms with E-state index < -0.39 is 0 Å². The maximum Gasteiger partial charge on any atom is 0.264 e. The first-order chi connectivity index (χ1) is 11.1. The molecule has 7 nitrogen and oxygen atoms in total. The zero-order chi connectivity index (χ0) is 16.1. The number of hydrogen-bond acceptors (Lipinski definition) is 8. The molecule has 0 atom stereocenters. The number of amides is 1. The number of hydrogen-bond donors (Lipinski definition) is 0. The summed E-state index contributed by atoms with van der Waals surface area (Å²) < 4.78 is 7.81. The van der Waals surface area contributed by atoms with Crippen molar-refractivity contribution in [2.45, 2.75) is 0 Å². The van der Waals surface area contributed by atoms with Crippen LogP contribution in [0.2, 0.25) is 0 Å². The molecule has 1 amide bonds. The van der Waals surface area contributed by atoms with Crippen LogP contribution < -0.4 is 0 Å². The lowest BCUT2D eigenvalue weighted by Crippen LogP contribution is -2.46. The molecule has 1 fully saturated rings. The summed E-state index contributed by atoms with van der Waals surface area (Å²) in [7, 11) is 2.02. The molecule has 9 heteroatoms. The molecule has 0 aromatic carbocycles. The standard InChI is InChI=1S/C14H12N4O3S2/c1-17-2-4-18(5-3-17)14(21)8-6-7-11(19)9-10(16-23-15-9)12(20)13(7)22-8/h6H,2-5H2,1H3. The number of nitrogens with zero attached hydrogens (tertiary/aromatic N) is 4. The van der Waals surface area contributed by atoms with Gasteiger partial charge in [0, 0.05) is 31.7 Å². The van der Waals surface area contributed by atoms with Crippen molar-refractivity contribution < 1.29 is 14.4 Å². The van der Waals surface area contributed by atoms with Crippen molar-refractivity contribution in [3.05, 3.63) is 32.8 Å². The van der Waals surface area contributed by atoms with Gasteiger partial charge in [0.25, 0.3) is 5.91 Å². The van der Waals surface area contributed by atoms with Crippen molar-refractivity contribution in [3.8, 4) is 0 Å². The lowest BCUT2D eigenvalue weighted by atomic mass is 9.97. The minimum absolute atomic E-state index is 0.101. The fraction of sp³-hybridized carbons (Fsp3) is 0.357. The van der Waals surface area contributed by atoms with Crippen molar-refractivity contribution >= 4 is 40.5 Å². The van der Waals surface area contributed by atoms with Crippen LogP contribution in [0.4, 0.5) is 0 Å². The summed E-state index contributed by atoms with van der Waals surface area (Å²) in [5.41, 5.74) is 0.481. The summed E-state index contributed by atoms with van der Waals surface area (Å²) in [6.45, 7) is 2.94. The van der Waals surface area contributed by atoms with E-state index in [4.69, 9.17) is 0 Å². The van der Waals surface area contributed by atoms with E-state index in [1.165, 1.54) is 6.07 Å². The van der Waals surface area contributed by atoms with Gasteiger partial charge in [-0.3, -0.25) is 14.4 Å². The van der Waals surface area contributed by atoms with Crippen LogP contribution in [0, 0.1) is 0 Å². The molecule has 118 valence electrons. The largest absolute Gasteiger partial charge is 0.335 e. The average molecular weight is 348 g/mol. The van der Waals surface area contributed by atoms with Crippen LogP contribution in [0.3, 0.4) is 0 Å². The highest BCUT2D eigenvalue weighted by Crippen LogP contribution is 2.33. The maximum atomic E-state index is 12.6. The molecule has 3 heterocycles. The van der Waals surface area contributed by atoms with Gasteiger partial charge in [-0.2, -0.15) is 8.75 Å². The van der Waals surface area contributed by atoms with Gasteiger partial charge < -0.3 is 9.80 Å². The highest BCUT2D eigenvalue weighted by molar-refractivity contribution is 7.16. The molecule has 0 bridgehead atoms. The van der Waals surface area contributed by atoms with Gasteiger partial charge in [0.15, 0.2) is 11.4 Å². The lowest BCUT2D eigenvalue weighted by molar-refractivity contribution is 0.0669. The third kappa shape index (κ3) is 2.23. The van der Waals surface area contributed by atoms with E-state index in [0.717, 1.165) is 36.2 Å². The molecule has 23 heavy (non-hydrogen) atoms. The number of rotatable bonds is 1. The quantitative estimate of drug-likeness (QED) is 0.646. The highest BCUT2D eigenvalue weighted by Gasteiger charge is 2.37. The molecular weight excluding hydrogens is 336 g/mol. The minimum atomic E-state index is -0.322. The van der Waals surface area contributed by atoms with E-state index in [0.29, 0.717) is 22.8 Å². The number of piperazine rings is 1. The number of carbonyl (C=O) groups is 3. The molecule has 2 aromatic heterocycles. The van der Waals surface area contributed by atoms with Crippen molar-refractivity contribution in [1.82, 2.24) is 18.5 Å². The third-order valence-electron chi connectivity index (χ3n) is 4.10. The SMILES string of the molecule is CN1CCN(C(=O)c2cc3c(s2)C(=O)c2nsnc2C3=O)CC1. The zero-order valence-corrected chi connectivity index (χ0v) is 13.9. The summed E-state index contributed by atoms with van der Waals surface area (Å²) in [4.78, 5) is 42.1. The molecule has 0 N–H and O–H groups in total. The second-order valence-electron chi connectivity index (χ2n) is 5.57. The van der Waals surface area contributed by atoms with Crippen molar-refractivity contribution in [1.29, 1.82) is 0 Å². The Balaban J connectivity index is 1.67. The van der Waals surface area contributed by atoms with Gasteiger partial charge in [0.2, 0.25) is 11.6 Å². The van der Waals surface area contributed by atoms with Crippen molar-refractivity contribution in [2.24, 2.45) is 0 Å². The van der Waals surface area contributed by atoms with Crippen LogP contribution in [-0.2, 0) is 0 Å². The van der Waals surface area contributed by atoms with Gasteiger partial charge in [0.05, 0.1) is 21.5 Å². The molecule has 1 saturated heterocycles. The number of carbonyl (C=O) groups excluding carboxylic acids is 3. The Kier molecular flexibility index (Phi) is 3.36. The number of thiophene rings is 1. The van der Waals surface area contributed by atoms with Gasteiger partial charge in [-0.1, -0.05) is 0 Å². The molecule has 0 radical (unpaired) electrons. The van der Waals surface area contributed by atoms with Gasteiger partial charge in [-0.15, -0.1) is 11.3 Å². The topological polar surface area (TPSA) is 83.5 Å². The molecule has 1 aliphatic carbocycles. The molecule has 2 aliphatic rings. The van der Waals surface area contributed by atoms with Gasteiger partial charge >= 0.3 is 0 Å². The van der Waals surface area contributed by atoms with Crippen LogP contribution in [0.15, 0.2) is 6.07 Å². The second kappa shape index (κ2) is 5.29. The smallest absolute Gasteiger partial charge is 0.264 e. The molecule has 0 saturated carbocycles. The monoisotopic (exact) mass is 348 g/mol. The van der Waals surface area contributed by atoms with Crippen molar-refractivity contribution in [3.63, 3.8) is 0 Å². The fourth-order valence-corrected chi connectivity index (χ4v) is 4.33. The van der Waals surface area contributed by atoms with Crippen LogP contribution in [0.5, 0.6) is 0 Å². The Bertz CT molecular complexity index is 785. The van der Waals surface area contributed by atoms with E-state index in [-0.39, 0.29) is 34.4 Å². The van der Waals surface area contributed by atoms with Crippen molar-refractivity contribution in [2.75, 3.05) is 33.2 Å². The normalized spacial score (nSPS) is 18.0. The fourth-order valence-electron chi connectivity index (χ4n) is 2.72. The number of likely N-dealkylation sites (N-methyl/N-ethyl adjacent to an activating group) is 1. The van der Waals surface area contributed by atoms with Crippen LogP contribution in [-0.4, -0.2) is 69.2 Å². The summed E-state index contributed by atoms with van der Waals surface area (Å²) in [6, 6.07) is 1.53. The first-order valence-corrected chi connectivity index (χ1v) is 8.64. The summed E-state index contributed by atoms with van der Waals surface area (Å²) in [5.74, 6) is -0.760. The van der Waals surface area contributed by atoms with E-state index in [1.807, 2.05) is 7.05 Å². The van der Waals surface area contributed by atoms with Gasteiger partial charge in [0.1, 0.15) is 0 Å². The minimum Gasteiger partial charge on any atom is -0.335 e. The molecule has 0 unspecified atom stereocenters. The number of fused-ring (bicyclic) bond motifs is 2. The summed E-state index contributed by atoms with van der Waals surface area (Å²) >= 11 is 1.93.